The van der Waals surface area contributed by atoms with Crippen molar-refractivity contribution in [1.82, 2.24) is 0 Å². The van der Waals surface area contributed by atoms with Gasteiger partial charge in [0, 0.05) is 12.3 Å². The molecule has 12 atom stereocenters. The van der Waals surface area contributed by atoms with Gasteiger partial charge in [0.15, 0.2) is 0 Å². The van der Waals surface area contributed by atoms with Crippen LogP contribution in [-0.4, -0.2) is 29.2 Å². The molecule has 1 heterocycles. The minimum Gasteiger partial charge on any atom is -0.393 e. The molecule has 0 aromatic carbocycles. The topological polar surface area (TPSA) is 49.8 Å². The van der Waals surface area contributed by atoms with Gasteiger partial charge < -0.3 is 9.84 Å². The zero-order chi connectivity index (χ0) is 22.3. The Morgan fingerprint density at radius 3 is 2.32 bits per heavy atom. The minimum absolute atomic E-state index is 0.108. The van der Waals surface area contributed by atoms with E-state index in [1.54, 1.807) is 0 Å². The van der Waals surface area contributed by atoms with Gasteiger partial charge in [0.25, 0.3) is 0 Å². The normalized spacial score (nSPS) is 53.5. The van der Waals surface area contributed by atoms with Crippen LogP contribution < -0.4 is 0 Å². The molecule has 176 valence electrons. The van der Waals surface area contributed by atoms with E-state index in [0.717, 1.165) is 25.2 Å². The van der Waals surface area contributed by atoms with Crippen LogP contribution in [0.25, 0.3) is 0 Å². The number of ether oxygens (including phenoxy) is 1. The Balaban J connectivity index is 1.34. The fourth-order valence-corrected chi connectivity index (χ4v) is 9.51. The number of Topliss-reactive ketones (excluding diaryl/α,β-unsaturated/α-hetero) is 1. The van der Waals surface area contributed by atoms with E-state index in [2.05, 4.69) is 41.5 Å². The zero-order valence-corrected chi connectivity index (χ0v) is 20.8. The minimum atomic E-state index is -0.260. The highest BCUT2D eigenvalue weighted by molar-refractivity contribution is 5.83. The van der Waals surface area contributed by atoms with E-state index in [0.29, 0.717) is 65.3 Å². The highest BCUT2D eigenvalue weighted by atomic mass is 16.6. The summed E-state index contributed by atoms with van der Waals surface area (Å²) in [4.78, 5) is 13.3. The lowest BCUT2D eigenvalue weighted by Gasteiger charge is -2.60. The number of hydrogen-bond donors (Lipinski definition) is 1. The fourth-order valence-electron chi connectivity index (χ4n) is 9.51. The highest BCUT2D eigenvalue weighted by Crippen LogP contribution is 2.68. The summed E-state index contributed by atoms with van der Waals surface area (Å²) in [5.41, 5.74) is 0.497. The molecule has 4 aliphatic carbocycles. The number of carbonyl (C=O) groups excluding carboxylic acids is 1. The van der Waals surface area contributed by atoms with Crippen LogP contribution in [0, 0.1) is 58.2 Å². The van der Waals surface area contributed by atoms with Crippen LogP contribution in [0.1, 0.15) is 92.9 Å². The number of rotatable bonds is 4. The van der Waals surface area contributed by atoms with Gasteiger partial charge >= 0.3 is 0 Å². The van der Waals surface area contributed by atoms with Crippen LogP contribution in [0.2, 0.25) is 0 Å². The van der Waals surface area contributed by atoms with Crippen molar-refractivity contribution in [3.05, 3.63) is 0 Å². The molecule has 1 aliphatic heterocycles. The lowest BCUT2D eigenvalue weighted by atomic mass is 9.44. The van der Waals surface area contributed by atoms with Gasteiger partial charge in [0.1, 0.15) is 5.78 Å². The molecule has 31 heavy (non-hydrogen) atoms. The Kier molecular flexibility index (Phi) is 5.45. The SMILES string of the molecule is CC(C)[C@@H](C)[C@@H]1O[C@H]1[C@@H](C)[C@H]1CC[C@H]2[C@@H]3CC(=O)[C@H]4C[C@@H](O)CC[C@]4(C)[C@H]3CC[C@]12C. The maximum absolute atomic E-state index is 13.3. The van der Waals surface area contributed by atoms with E-state index in [4.69, 9.17) is 4.74 Å². The Morgan fingerprint density at radius 2 is 1.61 bits per heavy atom. The molecule has 0 spiro atoms. The molecule has 5 aliphatic rings. The van der Waals surface area contributed by atoms with Gasteiger partial charge in [-0.15, -0.1) is 0 Å². The molecule has 3 nitrogen and oxygen atoms in total. The molecule has 0 amide bonds. The van der Waals surface area contributed by atoms with Crippen molar-refractivity contribution in [3.8, 4) is 0 Å². The van der Waals surface area contributed by atoms with E-state index in [-0.39, 0.29) is 17.4 Å². The Bertz CT molecular complexity index is 717. The summed E-state index contributed by atoms with van der Waals surface area (Å²) >= 11 is 0. The smallest absolute Gasteiger partial charge is 0.136 e. The van der Waals surface area contributed by atoms with Crippen LogP contribution in [0.4, 0.5) is 0 Å². The van der Waals surface area contributed by atoms with Gasteiger partial charge in [0.05, 0.1) is 18.3 Å². The summed E-state index contributed by atoms with van der Waals surface area (Å²) < 4.78 is 6.28. The Morgan fingerprint density at radius 1 is 0.935 bits per heavy atom. The second kappa shape index (κ2) is 7.55. The van der Waals surface area contributed by atoms with Gasteiger partial charge in [-0.2, -0.15) is 0 Å². The first-order valence-corrected chi connectivity index (χ1v) is 13.4. The molecule has 4 saturated carbocycles. The summed E-state index contributed by atoms with van der Waals surface area (Å²) in [5.74, 6) is 5.23. The second-order valence-corrected chi connectivity index (χ2v) is 13.3. The summed E-state index contributed by atoms with van der Waals surface area (Å²) in [6.45, 7) is 14.5. The molecule has 0 aromatic rings. The van der Waals surface area contributed by atoms with Crippen molar-refractivity contribution in [3.63, 3.8) is 0 Å². The van der Waals surface area contributed by atoms with Crippen molar-refractivity contribution in [1.29, 1.82) is 0 Å². The zero-order valence-electron chi connectivity index (χ0n) is 20.8. The summed E-state index contributed by atoms with van der Waals surface area (Å²) in [6.07, 6.45) is 9.31. The summed E-state index contributed by atoms with van der Waals surface area (Å²) in [7, 11) is 0. The van der Waals surface area contributed by atoms with E-state index < -0.39 is 0 Å². The lowest BCUT2D eigenvalue weighted by Crippen LogP contribution is -2.57. The molecule has 1 N–H and O–H groups in total. The van der Waals surface area contributed by atoms with Crippen LogP contribution in [0.15, 0.2) is 0 Å². The third-order valence-electron chi connectivity index (χ3n) is 11.8. The standard InChI is InChI=1S/C28H46O3/c1-15(2)16(3)25-26(31-25)17(4)20-7-8-21-19-14-24(30)23-13-18(29)9-11-28(23,6)22(19)10-12-27(20,21)5/h15-23,25-26,29H,7-14H2,1-6H3/t16-,17+,18+,19+,20-,21+,22+,23-,25+,26+,27-,28-/m1/s1. The number of ketones is 1. The van der Waals surface area contributed by atoms with Gasteiger partial charge in [-0.25, -0.2) is 0 Å². The van der Waals surface area contributed by atoms with Gasteiger partial charge in [-0.05, 0) is 97.2 Å². The molecular weight excluding hydrogens is 384 g/mol. The Labute approximate surface area is 190 Å². The molecule has 5 rings (SSSR count). The number of aliphatic hydroxyl groups excluding tert-OH is 1. The number of aliphatic hydroxyl groups is 1. The quantitative estimate of drug-likeness (QED) is 0.567. The number of fused-ring (bicyclic) bond motifs is 5. The monoisotopic (exact) mass is 430 g/mol. The van der Waals surface area contributed by atoms with Crippen molar-refractivity contribution >= 4 is 5.78 Å². The second-order valence-electron chi connectivity index (χ2n) is 13.3. The number of epoxide rings is 1. The first-order valence-electron chi connectivity index (χ1n) is 13.4. The van der Waals surface area contributed by atoms with E-state index >= 15 is 0 Å². The van der Waals surface area contributed by atoms with Crippen molar-refractivity contribution < 1.29 is 14.6 Å². The highest BCUT2D eigenvalue weighted by Gasteiger charge is 2.64. The predicted octanol–water partition coefficient (Wildman–Crippen LogP) is 5.88. The molecular formula is C28H46O3. The number of carbonyl (C=O) groups is 1. The maximum atomic E-state index is 13.3. The van der Waals surface area contributed by atoms with E-state index in [1.165, 1.54) is 25.7 Å². The Hall–Kier alpha value is -0.410. The fraction of sp³-hybridized carbons (Fsp3) is 0.964. The van der Waals surface area contributed by atoms with Crippen LogP contribution in [0.3, 0.4) is 0 Å². The number of hydrogen-bond acceptors (Lipinski definition) is 3. The average molecular weight is 431 g/mol. The predicted molar refractivity (Wildman–Crippen MR) is 123 cm³/mol. The molecule has 0 aromatic heterocycles. The van der Waals surface area contributed by atoms with Crippen LogP contribution >= 0.6 is 0 Å². The lowest BCUT2D eigenvalue weighted by molar-refractivity contribution is -0.160. The van der Waals surface area contributed by atoms with E-state index in [9.17, 15) is 9.90 Å². The summed E-state index contributed by atoms with van der Waals surface area (Å²) in [5, 5.41) is 10.3. The van der Waals surface area contributed by atoms with Crippen molar-refractivity contribution in [2.45, 2.75) is 111 Å². The molecule has 3 heteroatoms. The van der Waals surface area contributed by atoms with Gasteiger partial charge in [0.2, 0.25) is 0 Å². The van der Waals surface area contributed by atoms with Gasteiger partial charge in [-0.1, -0.05) is 41.5 Å². The van der Waals surface area contributed by atoms with E-state index in [1.807, 2.05) is 0 Å². The molecule has 0 bridgehead atoms. The maximum Gasteiger partial charge on any atom is 0.136 e. The first kappa shape index (κ1) is 22.4. The van der Waals surface area contributed by atoms with Crippen LogP contribution in [0.5, 0.6) is 0 Å². The third-order valence-corrected chi connectivity index (χ3v) is 11.8. The first-order chi connectivity index (χ1) is 14.6. The summed E-state index contributed by atoms with van der Waals surface area (Å²) in [6, 6.07) is 0. The largest absolute Gasteiger partial charge is 0.393 e. The third kappa shape index (κ3) is 3.30. The van der Waals surface area contributed by atoms with Gasteiger partial charge in [-0.3, -0.25) is 4.79 Å². The average Bonchev–Trinajstić information content (AvgIpc) is 3.43. The molecule has 5 fully saturated rings. The van der Waals surface area contributed by atoms with Crippen LogP contribution in [-0.2, 0) is 9.53 Å². The van der Waals surface area contributed by atoms with Crippen molar-refractivity contribution in [2.75, 3.05) is 0 Å². The molecule has 0 radical (unpaired) electrons. The molecule has 0 unspecified atom stereocenters. The molecule has 1 saturated heterocycles. The van der Waals surface area contributed by atoms with Crippen molar-refractivity contribution in [2.24, 2.45) is 58.2 Å².